The Morgan fingerprint density at radius 3 is 2.71 bits per heavy atom. The average molecular weight is 236 g/mol. The molecular formula is C15H28N2. The first-order chi connectivity index (χ1) is 8.12. The second kappa shape index (κ2) is 4.24. The van der Waals surface area contributed by atoms with Gasteiger partial charge in [-0.3, -0.25) is 0 Å². The van der Waals surface area contributed by atoms with E-state index in [0.717, 1.165) is 17.8 Å². The topological polar surface area (TPSA) is 29.3 Å². The second-order valence-electron chi connectivity index (χ2n) is 7.25. The Bertz CT molecular complexity index is 285. The molecule has 17 heavy (non-hydrogen) atoms. The largest absolute Gasteiger partial charge is 0.327 e. The van der Waals surface area contributed by atoms with Gasteiger partial charge in [0.1, 0.15) is 0 Å². The molecule has 2 bridgehead atoms. The van der Waals surface area contributed by atoms with Crippen LogP contribution in [-0.2, 0) is 0 Å². The SMILES string of the molecule is CN(C)C[C@H]1CCC[C@@]2(C1)C1CC[C@H](C1)[C@H]2N. The predicted octanol–water partition coefficient (Wildman–Crippen LogP) is 2.48. The van der Waals surface area contributed by atoms with Crippen LogP contribution in [0.15, 0.2) is 0 Å². The number of nitrogens with two attached hydrogens (primary N) is 1. The van der Waals surface area contributed by atoms with Gasteiger partial charge < -0.3 is 10.6 Å². The average Bonchev–Trinajstić information content (AvgIpc) is 2.83. The summed E-state index contributed by atoms with van der Waals surface area (Å²) in [6.45, 7) is 1.27. The first-order valence-electron chi connectivity index (χ1n) is 7.52. The van der Waals surface area contributed by atoms with Crippen LogP contribution in [0.4, 0.5) is 0 Å². The summed E-state index contributed by atoms with van der Waals surface area (Å²) in [4.78, 5) is 2.36. The van der Waals surface area contributed by atoms with Crippen LogP contribution in [0.25, 0.3) is 0 Å². The minimum absolute atomic E-state index is 0.534. The van der Waals surface area contributed by atoms with Gasteiger partial charge in [-0.15, -0.1) is 0 Å². The molecule has 0 aliphatic heterocycles. The number of hydrogen-bond acceptors (Lipinski definition) is 2. The third-order valence-corrected chi connectivity index (χ3v) is 6.00. The first kappa shape index (κ1) is 12.0. The molecule has 0 aromatic heterocycles. The third kappa shape index (κ3) is 1.84. The Kier molecular flexibility index (Phi) is 2.99. The van der Waals surface area contributed by atoms with E-state index < -0.39 is 0 Å². The van der Waals surface area contributed by atoms with E-state index in [-0.39, 0.29) is 0 Å². The molecule has 0 aromatic rings. The number of nitrogens with zero attached hydrogens (tertiary/aromatic N) is 1. The maximum absolute atomic E-state index is 6.61. The van der Waals surface area contributed by atoms with E-state index in [0.29, 0.717) is 11.5 Å². The number of hydrogen-bond donors (Lipinski definition) is 1. The van der Waals surface area contributed by atoms with Gasteiger partial charge in [0, 0.05) is 12.6 Å². The Labute approximate surface area is 106 Å². The third-order valence-electron chi connectivity index (χ3n) is 6.00. The molecule has 0 amide bonds. The van der Waals surface area contributed by atoms with Crippen LogP contribution in [0.3, 0.4) is 0 Å². The fourth-order valence-electron chi connectivity index (χ4n) is 5.41. The summed E-state index contributed by atoms with van der Waals surface area (Å²) in [5.41, 5.74) is 7.17. The monoisotopic (exact) mass is 236 g/mol. The minimum Gasteiger partial charge on any atom is -0.327 e. The van der Waals surface area contributed by atoms with E-state index in [2.05, 4.69) is 19.0 Å². The normalized spacial score (nSPS) is 49.4. The van der Waals surface area contributed by atoms with Crippen LogP contribution in [0, 0.1) is 23.2 Å². The van der Waals surface area contributed by atoms with Crippen molar-refractivity contribution in [2.24, 2.45) is 28.9 Å². The van der Waals surface area contributed by atoms with Crippen LogP contribution in [-0.4, -0.2) is 31.6 Å². The molecule has 3 saturated carbocycles. The Morgan fingerprint density at radius 1 is 1.24 bits per heavy atom. The van der Waals surface area contributed by atoms with Crippen molar-refractivity contribution in [3.05, 3.63) is 0 Å². The highest BCUT2D eigenvalue weighted by Gasteiger charge is 2.57. The Morgan fingerprint density at radius 2 is 2.06 bits per heavy atom. The van der Waals surface area contributed by atoms with Crippen molar-refractivity contribution in [1.82, 2.24) is 4.90 Å². The predicted molar refractivity (Wildman–Crippen MR) is 71.8 cm³/mol. The summed E-state index contributed by atoms with van der Waals surface area (Å²) in [5, 5.41) is 0. The number of fused-ring (bicyclic) bond motifs is 3. The van der Waals surface area contributed by atoms with Gasteiger partial charge in [-0.25, -0.2) is 0 Å². The van der Waals surface area contributed by atoms with Crippen LogP contribution in [0.1, 0.15) is 44.9 Å². The van der Waals surface area contributed by atoms with Gasteiger partial charge >= 0.3 is 0 Å². The molecule has 3 rings (SSSR count). The Balaban J connectivity index is 1.74. The lowest BCUT2D eigenvalue weighted by molar-refractivity contribution is 0.0407. The molecule has 2 nitrogen and oxygen atoms in total. The second-order valence-corrected chi connectivity index (χ2v) is 7.25. The van der Waals surface area contributed by atoms with Crippen molar-refractivity contribution in [2.45, 2.75) is 51.0 Å². The van der Waals surface area contributed by atoms with Crippen molar-refractivity contribution in [2.75, 3.05) is 20.6 Å². The van der Waals surface area contributed by atoms with Crippen LogP contribution >= 0.6 is 0 Å². The lowest BCUT2D eigenvalue weighted by atomic mass is 9.59. The molecule has 0 radical (unpaired) electrons. The maximum Gasteiger partial charge on any atom is 0.0127 e. The number of rotatable bonds is 2. The van der Waals surface area contributed by atoms with Gasteiger partial charge in [0.15, 0.2) is 0 Å². The summed E-state index contributed by atoms with van der Waals surface area (Å²) in [5.74, 6) is 2.76. The van der Waals surface area contributed by atoms with Gasteiger partial charge in [-0.1, -0.05) is 6.42 Å². The van der Waals surface area contributed by atoms with Gasteiger partial charge in [-0.2, -0.15) is 0 Å². The van der Waals surface area contributed by atoms with E-state index in [4.69, 9.17) is 5.73 Å². The van der Waals surface area contributed by atoms with E-state index in [1.807, 2.05) is 0 Å². The quantitative estimate of drug-likeness (QED) is 0.798. The summed E-state index contributed by atoms with van der Waals surface area (Å²) in [6.07, 6.45) is 10.1. The van der Waals surface area contributed by atoms with Crippen LogP contribution in [0.5, 0.6) is 0 Å². The Hall–Kier alpha value is -0.0800. The molecule has 1 unspecified atom stereocenters. The first-order valence-corrected chi connectivity index (χ1v) is 7.52. The van der Waals surface area contributed by atoms with Crippen LogP contribution < -0.4 is 5.73 Å². The molecule has 0 aromatic carbocycles. The van der Waals surface area contributed by atoms with E-state index >= 15 is 0 Å². The van der Waals surface area contributed by atoms with Gasteiger partial charge in [0.2, 0.25) is 0 Å². The molecule has 0 saturated heterocycles. The van der Waals surface area contributed by atoms with Crippen molar-refractivity contribution in [3.8, 4) is 0 Å². The summed E-state index contributed by atoms with van der Waals surface area (Å²) < 4.78 is 0. The van der Waals surface area contributed by atoms with Gasteiger partial charge in [0.05, 0.1) is 0 Å². The van der Waals surface area contributed by atoms with Crippen molar-refractivity contribution >= 4 is 0 Å². The highest BCUT2D eigenvalue weighted by Crippen LogP contribution is 2.61. The molecule has 0 heterocycles. The molecule has 3 aliphatic carbocycles. The highest BCUT2D eigenvalue weighted by atomic mass is 15.1. The zero-order valence-electron chi connectivity index (χ0n) is 11.5. The van der Waals surface area contributed by atoms with Gasteiger partial charge in [0.25, 0.3) is 0 Å². The zero-order chi connectivity index (χ0) is 12.0. The molecule has 2 N–H and O–H groups in total. The molecule has 3 aliphatic rings. The van der Waals surface area contributed by atoms with E-state index in [1.54, 1.807) is 0 Å². The van der Waals surface area contributed by atoms with Gasteiger partial charge in [-0.05, 0) is 75.8 Å². The molecule has 3 fully saturated rings. The molecule has 2 heteroatoms. The van der Waals surface area contributed by atoms with Crippen LogP contribution in [0.2, 0.25) is 0 Å². The van der Waals surface area contributed by atoms with Crippen molar-refractivity contribution in [1.29, 1.82) is 0 Å². The summed E-state index contributed by atoms with van der Waals surface area (Å²) in [7, 11) is 4.42. The minimum atomic E-state index is 0.534. The molecule has 98 valence electrons. The van der Waals surface area contributed by atoms with E-state index in [9.17, 15) is 0 Å². The maximum atomic E-state index is 6.61. The fraction of sp³-hybridized carbons (Fsp3) is 1.00. The summed E-state index contributed by atoms with van der Waals surface area (Å²) in [6, 6.07) is 0.534. The highest BCUT2D eigenvalue weighted by molar-refractivity contribution is 5.10. The smallest absolute Gasteiger partial charge is 0.0127 e. The zero-order valence-corrected chi connectivity index (χ0v) is 11.5. The standard InChI is InChI=1S/C15H28N2/c1-17(2)10-11-4-3-7-15(9-11)13-6-5-12(8-13)14(15)16/h11-14H,3-10,16H2,1-2H3/t11-,12+,13?,14+,15+/m0/s1. The summed E-state index contributed by atoms with van der Waals surface area (Å²) >= 11 is 0. The molecule has 5 atom stereocenters. The van der Waals surface area contributed by atoms with Crippen molar-refractivity contribution < 1.29 is 0 Å². The molecular weight excluding hydrogens is 208 g/mol. The van der Waals surface area contributed by atoms with Crippen molar-refractivity contribution in [3.63, 3.8) is 0 Å². The fourth-order valence-corrected chi connectivity index (χ4v) is 5.41. The lowest BCUT2D eigenvalue weighted by Gasteiger charge is -2.48. The molecule has 1 spiro atoms. The lowest BCUT2D eigenvalue weighted by Crippen LogP contribution is -2.49. The van der Waals surface area contributed by atoms with E-state index in [1.165, 1.54) is 51.5 Å².